The molecule has 184 valence electrons. The summed E-state index contributed by atoms with van der Waals surface area (Å²) in [6.07, 6.45) is 3.48. The molecule has 6 rings (SSSR count). The van der Waals surface area contributed by atoms with Gasteiger partial charge in [0.15, 0.2) is 5.76 Å². The number of nitrogens with zero attached hydrogens (tertiary/aromatic N) is 3. The Kier molecular flexibility index (Phi) is 5.97. The van der Waals surface area contributed by atoms with Crippen LogP contribution in [0.5, 0.6) is 0 Å². The Hall–Kier alpha value is -3.64. The van der Waals surface area contributed by atoms with E-state index in [9.17, 15) is 9.59 Å². The van der Waals surface area contributed by atoms with Crippen LogP contribution in [0.1, 0.15) is 39.3 Å². The van der Waals surface area contributed by atoms with Crippen LogP contribution in [-0.4, -0.2) is 71.8 Å². The Balaban J connectivity index is 1.12. The van der Waals surface area contributed by atoms with Gasteiger partial charge < -0.3 is 14.2 Å². The standard InChI is InChI=1S/C30H31N3O3/c1-21-12-19-36-28(21)30(35)32-13-10-24(11-14-32)31-15-17-33(18-16-31)29(34)27-25-8-4-2-6-22(25)20-23-7-3-5-9-26(23)27/h2-9,12,19-20,24H,10-11,13-18H2,1H3. The van der Waals surface area contributed by atoms with Crippen LogP contribution in [0.25, 0.3) is 21.5 Å². The number of likely N-dealkylation sites (tertiary alicyclic amines) is 1. The SMILES string of the molecule is Cc1ccoc1C(=O)N1CCC(N2CCN(C(=O)c3c4ccccc4cc4ccccc34)CC2)CC1. The summed E-state index contributed by atoms with van der Waals surface area (Å²) in [6.45, 7) is 6.57. The van der Waals surface area contributed by atoms with Crippen LogP contribution < -0.4 is 0 Å². The Morgan fingerprint density at radius 1 is 0.750 bits per heavy atom. The highest BCUT2D eigenvalue weighted by molar-refractivity contribution is 6.18. The van der Waals surface area contributed by atoms with E-state index in [1.807, 2.05) is 47.1 Å². The minimum Gasteiger partial charge on any atom is -0.459 e. The van der Waals surface area contributed by atoms with Gasteiger partial charge in [-0.2, -0.15) is 0 Å². The number of hydrogen-bond acceptors (Lipinski definition) is 4. The van der Waals surface area contributed by atoms with E-state index in [4.69, 9.17) is 4.42 Å². The van der Waals surface area contributed by atoms with Crippen molar-refractivity contribution in [2.75, 3.05) is 39.3 Å². The van der Waals surface area contributed by atoms with Crippen molar-refractivity contribution in [3.63, 3.8) is 0 Å². The molecule has 6 heteroatoms. The highest BCUT2D eigenvalue weighted by Crippen LogP contribution is 2.30. The van der Waals surface area contributed by atoms with Crippen molar-refractivity contribution in [2.45, 2.75) is 25.8 Å². The second-order valence-electron chi connectivity index (χ2n) is 9.98. The fourth-order valence-electron chi connectivity index (χ4n) is 5.86. The molecule has 3 aromatic carbocycles. The summed E-state index contributed by atoms with van der Waals surface area (Å²) in [7, 11) is 0. The third-order valence-electron chi connectivity index (χ3n) is 7.91. The number of piperidine rings is 1. The molecule has 2 fully saturated rings. The first-order valence-corrected chi connectivity index (χ1v) is 12.9. The number of benzene rings is 3. The number of piperazine rings is 1. The maximum atomic E-state index is 13.8. The maximum absolute atomic E-state index is 13.8. The van der Waals surface area contributed by atoms with Crippen molar-refractivity contribution < 1.29 is 14.0 Å². The number of amides is 2. The van der Waals surface area contributed by atoms with Crippen LogP contribution in [-0.2, 0) is 0 Å². The zero-order chi connectivity index (χ0) is 24.6. The first kappa shape index (κ1) is 22.8. The molecule has 0 atom stereocenters. The van der Waals surface area contributed by atoms with Gasteiger partial charge in [-0.05, 0) is 53.4 Å². The fourth-order valence-corrected chi connectivity index (χ4v) is 5.86. The molecule has 3 heterocycles. The van der Waals surface area contributed by atoms with E-state index in [0.717, 1.165) is 84.8 Å². The second-order valence-corrected chi connectivity index (χ2v) is 9.98. The minimum absolute atomic E-state index is 0.00585. The molecule has 0 aliphatic carbocycles. The normalized spacial score (nSPS) is 17.7. The second kappa shape index (κ2) is 9.43. The average Bonchev–Trinajstić information content (AvgIpc) is 3.37. The smallest absolute Gasteiger partial charge is 0.289 e. The van der Waals surface area contributed by atoms with Crippen molar-refractivity contribution in [2.24, 2.45) is 0 Å². The van der Waals surface area contributed by atoms with Gasteiger partial charge in [0.2, 0.25) is 0 Å². The van der Waals surface area contributed by atoms with Gasteiger partial charge >= 0.3 is 0 Å². The Bertz CT molecular complexity index is 1370. The number of hydrogen-bond donors (Lipinski definition) is 0. The molecule has 4 aromatic rings. The summed E-state index contributed by atoms with van der Waals surface area (Å²) < 4.78 is 5.41. The van der Waals surface area contributed by atoms with Crippen molar-refractivity contribution >= 4 is 33.4 Å². The molecule has 0 N–H and O–H groups in total. The van der Waals surface area contributed by atoms with Crippen molar-refractivity contribution in [3.8, 4) is 0 Å². The van der Waals surface area contributed by atoms with Gasteiger partial charge in [-0.15, -0.1) is 0 Å². The van der Waals surface area contributed by atoms with Crippen LogP contribution in [0.15, 0.2) is 71.3 Å². The van der Waals surface area contributed by atoms with E-state index in [2.05, 4.69) is 35.2 Å². The Labute approximate surface area is 211 Å². The van der Waals surface area contributed by atoms with E-state index in [-0.39, 0.29) is 11.8 Å². The van der Waals surface area contributed by atoms with E-state index in [1.54, 1.807) is 6.26 Å². The summed E-state index contributed by atoms with van der Waals surface area (Å²) in [5, 5.41) is 4.24. The minimum atomic E-state index is -0.00585. The van der Waals surface area contributed by atoms with Crippen LogP contribution in [0.2, 0.25) is 0 Å². The van der Waals surface area contributed by atoms with E-state index in [1.165, 1.54) is 0 Å². The average molecular weight is 482 g/mol. The van der Waals surface area contributed by atoms with Gasteiger partial charge in [0.25, 0.3) is 11.8 Å². The molecule has 1 aromatic heterocycles. The molecular weight excluding hydrogens is 450 g/mol. The van der Waals surface area contributed by atoms with E-state index < -0.39 is 0 Å². The first-order valence-electron chi connectivity index (χ1n) is 12.9. The van der Waals surface area contributed by atoms with Crippen LogP contribution in [0, 0.1) is 6.92 Å². The predicted molar refractivity (Wildman–Crippen MR) is 141 cm³/mol. The van der Waals surface area contributed by atoms with Crippen LogP contribution in [0.4, 0.5) is 0 Å². The third-order valence-corrected chi connectivity index (χ3v) is 7.91. The molecule has 2 aliphatic rings. The third kappa shape index (κ3) is 4.05. The molecule has 2 aliphatic heterocycles. The summed E-state index contributed by atoms with van der Waals surface area (Å²) in [4.78, 5) is 33.0. The number of furan rings is 1. The molecule has 0 saturated carbocycles. The van der Waals surface area contributed by atoms with E-state index >= 15 is 0 Å². The summed E-state index contributed by atoms with van der Waals surface area (Å²) in [5.41, 5.74) is 1.71. The first-order chi connectivity index (χ1) is 17.6. The molecular formula is C30H31N3O3. The fraction of sp³-hybridized carbons (Fsp3) is 0.333. The lowest BCUT2D eigenvalue weighted by Crippen LogP contribution is -2.54. The monoisotopic (exact) mass is 481 g/mol. The molecule has 0 radical (unpaired) electrons. The predicted octanol–water partition coefficient (Wildman–Crippen LogP) is 4.96. The molecule has 36 heavy (non-hydrogen) atoms. The lowest BCUT2D eigenvalue weighted by molar-refractivity contribution is 0.0403. The zero-order valence-electron chi connectivity index (χ0n) is 20.7. The van der Waals surface area contributed by atoms with Gasteiger partial charge in [0.05, 0.1) is 11.8 Å². The van der Waals surface area contributed by atoms with Crippen molar-refractivity contribution in [1.29, 1.82) is 0 Å². The maximum Gasteiger partial charge on any atom is 0.289 e. The van der Waals surface area contributed by atoms with Crippen LogP contribution in [0.3, 0.4) is 0 Å². The summed E-state index contributed by atoms with van der Waals surface area (Å²) in [5.74, 6) is 0.576. The molecule has 0 spiro atoms. The van der Waals surface area contributed by atoms with Gasteiger partial charge in [-0.3, -0.25) is 14.5 Å². The number of carbonyl (C=O) groups excluding carboxylic acids is 2. The summed E-state index contributed by atoms with van der Waals surface area (Å²) >= 11 is 0. The van der Waals surface area contributed by atoms with Crippen molar-refractivity contribution in [3.05, 3.63) is 83.8 Å². The van der Waals surface area contributed by atoms with Gasteiger partial charge in [0, 0.05) is 50.9 Å². The zero-order valence-corrected chi connectivity index (χ0v) is 20.7. The quantitative estimate of drug-likeness (QED) is 0.388. The number of carbonyl (C=O) groups is 2. The number of fused-ring (bicyclic) bond motifs is 2. The number of rotatable bonds is 3. The lowest BCUT2D eigenvalue weighted by Gasteiger charge is -2.42. The Morgan fingerprint density at radius 3 is 1.92 bits per heavy atom. The van der Waals surface area contributed by atoms with Gasteiger partial charge in [-0.1, -0.05) is 48.5 Å². The molecule has 2 saturated heterocycles. The van der Waals surface area contributed by atoms with E-state index in [0.29, 0.717) is 11.8 Å². The number of aryl methyl sites for hydroxylation is 1. The highest BCUT2D eigenvalue weighted by atomic mass is 16.3. The molecule has 6 nitrogen and oxygen atoms in total. The van der Waals surface area contributed by atoms with Crippen LogP contribution >= 0.6 is 0 Å². The molecule has 0 bridgehead atoms. The highest BCUT2D eigenvalue weighted by Gasteiger charge is 2.32. The Morgan fingerprint density at radius 2 is 1.33 bits per heavy atom. The lowest BCUT2D eigenvalue weighted by atomic mass is 9.95. The topological polar surface area (TPSA) is 57.0 Å². The summed E-state index contributed by atoms with van der Waals surface area (Å²) in [6, 6.07) is 20.8. The largest absolute Gasteiger partial charge is 0.459 e. The van der Waals surface area contributed by atoms with Crippen molar-refractivity contribution in [1.82, 2.24) is 14.7 Å². The van der Waals surface area contributed by atoms with Gasteiger partial charge in [-0.25, -0.2) is 0 Å². The van der Waals surface area contributed by atoms with Gasteiger partial charge in [0.1, 0.15) is 0 Å². The molecule has 2 amide bonds. The molecule has 0 unspecified atom stereocenters.